The van der Waals surface area contributed by atoms with Crippen LogP contribution in [0.4, 0.5) is 0 Å². The quantitative estimate of drug-likeness (QED) is 0.382. The summed E-state index contributed by atoms with van der Waals surface area (Å²) >= 11 is 0. The first-order chi connectivity index (χ1) is 6.18. The van der Waals surface area contributed by atoms with Crippen LogP contribution in [0.2, 0.25) is 0 Å². The zero-order valence-electron chi connectivity index (χ0n) is 9.09. The van der Waals surface area contributed by atoms with Gasteiger partial charge in [0, 0.05) is 0 Å². The molecule has 72 valence electrons. The van der Waals surface area contributed by atoms with E-state index in [4.69, 9.17) is 0 Å². The molecule has 1 nitrogen and oxygen atoms in total. The Bertz CT molecular complexity index is 224. The fraction of sp³-hybridized carbons (Fsp3) is 0.833. The van der Waals surface area contributed by atoms with Crippen LogP contribution >= 0.6 is 0 Å². The monoisotopic (exact) mass is 184 g/mol. The summed E-state index contributed by atoms with van der Waals surface area (Å²) in [6, 6.07) is 0. The van der Waals surface area contributed by atoms with Crippen LogP contribution in [0.25, 0.3) is 0 Å². The minimum absolute atomic E-state index is 0. The summed E-state index contributed by atoms with van der Waals surface area (Å²) in [6.45, 7) is 3.69. The molecule has 2 heteroatoms. The summed E-state index contributed by atoms with van der Waals surface area (Å²) in [5.74, 6) is 2.86. The Hall–Kier alpha value is 0.137. The van der Waals surface area contributed by atoms with Gasteiger partial charge in [0.2, 0.25) is 0 Å². The third-order valence-corrected chi connectivity index (χ3v) is 4.63. The maximum atomic E-state index is 11.6. The third kappa shape index (κ3) is 1.37. The van der Waals surface area contributed by atoms with Gasteiger partial charge in [-0.2, -0.15) is 0 Å². The minimum Gasteiger partial charge on any atom is -0.875 e. The second-order valence-corrected chi connectivity index (χ2v) is 5.62. The van der Waals surface area contributed by atoms with Crippen molar-refractivity contribution in [1.29, 1.82) is 0 Å². The van der Waals surface area contributed by atoms with Gasteiger partial charge in [-0.25, -0.2) is 0 Å². The molecule has 4 saturated carbocycles. The third-order valence-electron chi connectivity index (χ3n) is 4.63. The average Bonchev–Trinajstić information content (AvgIpc) is 2.00. The van der Waals surface area contributed by atoms with Crippen LogP contribution in [0.5, 0.6) is 0 Å². The Morgan fingerprint density at radius 2 is 1.36 bits per heavy atom. The molecule has 4 aliphatic rings. The molecule has 4 fully saturated rings. The van der Waals surface area contributed by atoms with Gasteiger partial charge in [0.25, 0.3) is 0 Å². The van der Waals surface area contributed by atoms with Crippen LogP contribution in [0.3, 0.4) is 0 Å². The molecule has 0 unspecified atom stereocenters. The Labute approximate surface area is 98.1 Å². The molecule has 0 aromatic carbocycles. The Balaban J connectivity index is 0.000000750. The van der Waals surface area contributed by atoms with E-state index in [1.165, 1.54) is 38.5 Å². The Morgan fingerprint density at radius 1 is 1.00 bits per heavy atom. The van der Waals surface area contributed by atoms with Crippen LogP contribution in [0.1, 0.15) is 38.5 Å². The van der Waals surface area contributed by atoms with Crippen molar-refractivity contribution >= 4 is 0 Å². The van der Waals surface area contributed by atoms with Gasteiger partial charge in [-0.05, 0) is 61.7 Å². The molecule has 4 rings (SSSR count). The summed E-state index contributed by atoms with van der Waals surface area (Å²) in [5.41, 5.74) is 0.0503. The first-order valence-corrected chi connectivity index (χ1v) is 5.54. The van der Waals surface area contributed by atoms with Gasteiger partial charge >= 0.3 is 18.9 Å². The van der Waals surface area contributed by atoms with E-state index >= 15 is 0 Å². The molecule has 0 amide bonds. The zero-order valence-corrected chi connectivity index (χ0v) is 9.09. The maximum absolute atomic E-state index is 11.6. The van der Waals surface area contributed by atoms with Crippen molar-refractivity contribution in [3.05, 3.63) is 12.3 Å². The van der Waals surface area contributed by atoms with Gasteiger partial charge in [0.05, 0.1) is 0 Å². The van der Waals surface area contributed by atoms with Crippen LogP contribution in [0, 0.1) is 23.2 Å². The fourth-order valence-corrected chi connectivity index (χ4v) is 4.45. The molecule has 0 aromatic heterocycles. The van der Waals surface area contributed by atoms with E-state index in [0.717, 1.165) is 17.8 Å². The Kier molecular flexibility index (Phi) is 2.53. The van der Waals surface area contributed by atoms with Crippen molar-refractivity contribution < 1.29 is 24.0 Å². The number of hydrogen-bond donors (Lipinski definition) is 0. The van der Waals surface area contributed by atoms with E-state index in [0.29, 0.717) is 0 Å². The molecule has 4 aliphatic carbocycles. The molecule has 0 aliphatic heterocycles. The van der Waals surface area contributed by atoms with Gasteiger partial charge in [-0.15, -0.1) is 12.3 Å². The largest absolute Gasteiger partial charge is 1.00 e. The van der Waals surface area contributed by atoms with Crippen LogP contribution < -0.4 is 24.0 Å². The van der Waals surface area contributed by atoms with Crippen LogP contribution in [-0.2, 0) is 0 Å². The van der Waals surface area contributed by atoms with Crippen molar-refractivity contribution in [2.75, 3.05) is 0 Å². The Morgan fingerprint density at radius 3 is 1.64 bits per heavy atom. The molecular formula is C12H17LiO. The minimum atomic E-state index is 0. The molecule has 0 atom stereocenters. The van der Waals surface area contributed by atoms with Gasteiger partial charge in [-0.1, -0.05) is 0 Å². The SMILES string of the molecule is C=C([O-])C12CC3CC(CC(C3)C1)C2.[Li+]. The summed E-state index contributed by atoms with van der Waals surface area (Å²) in [4.78, 5) is 0. The zero-order chi connectivity index (χ0) is 9.05. The van der Waals surface area contributed by atoms with E-state index in [2.05, 4.69) is 6.58 Å². The predicted molar refractivity (Wildman–Crippen MR) is 49.7 cm³/mol. The molecule has 0 aromatic rings. The fourth-order valence-electron chi connectivity index (χ4n) is 4.45. The van der Waals surface area contributed by atoms with E-state index in [9.17, 15) is 5.11 Å². The molecule has 14 heavy (non-hydrogen) atoms. The van der Waals surface area contributed by atoms with Crippen molar-refractivity contribution in [3.8, 4) is 0 Å². The normalized spacial score (nSPS) is 48.7. The molecule has 0 spiro atoms. The first-order valence-electron chi connectivity index (χ1n) is 5.54. The van der Waals surface area contributed by atoms with Gasteiger partial charge in [0.15, 0.2) is 0 Å². The number of rotatable bonds is 1. The maximum Gasteiger partial charge on any atom is 1.00 e. The molecular weight excluding hydrogens is 167 g/mol. The van der Waals surface area contributed by atoms with E-state index in [1.807, 2.05) is 0 Å². The summed E-state index contributed by atoms with van der Waals surface area (Å²) in [7, 11) is 0. The van der Waals surface area contributed by atoms with E-state index in [1.54, 1.807) is 0 Å². The van der Waals surface area contributed by atoms with Crippen molar-refractivity contribution in [3.63, 3.8) is 0 Å². The number of hydrogen-bond acceptors (Lipinski definition) is 1. The molecule has 0 saturated heterocycles. The van der Waals surface area contributed by atoms with E-state index < -0.39 is 0 Å². The van der Waals surface area contributed by atoms with Crippen LogP contribution in [0.15, 0.2) is 12.3 Å². The standard InChI is InChI=1S/C12H18O.Li/c1-8(13)12-5-9-2-10(6-12)4-11(3-9)7-12;/h9-11,13H,1-7H2;/q;+1/p-1. The number of allylic oxidation sites excluding steroid dienone is 1. The first kappa shape index (κ1) is 10.6. The second kappa shape index (κ2) is 3.32. The van der Waals surface area contributed by atoms with E-state index in [-0.39, 0.29) is 30.0 Å². The average molecular weight is 184 g/mol. The predicted octanol–water partition coefficient (Wildman–Crippen LogP) is -0.919. The second-order valence-electron chi connectivity index (χ2n) is 5.62. The van der Waals surface area contributed by atoms with Crippen molar-refractivity contribution in [2.24, 2.45) is 23.2 Å². The van der Waals surface area contributed by atoms with Gasteiger partial charge < -0.3 is 5.11 Å². The topological polar surface area (TPSA) is 23.1 Å². The van der Waals surface area contributed by atoms with Gasteiger partial charge in [-0.3, -0.25) is 0 Å². The molecule has 0 heterocycles. The van der Waals surface area contributed by atoms with Crippen molar-refractivity contribution in [1.82, 2.24) is 0 Å². The molecule has 0 N–H and O–H groups in total. The summed E-state index contributed by atoms with van der Waals surface area (Å²) in [5, 5.41) is 11.6. The summed E-state index contributed by atoms with van der Waals surface area (Å²) < 4.78 is 0. The van der Waals surface area contributed by atoms with Crippen LogP contribution in [-0.4, -0.2) is 0 Å². The smallest absolute Gasteiger partial charge is 0.875 e. The molecule has 0 radical (unpaired) electrons. The summed E-state index contributed by atoms with van der Waals surface area (Å²) in [6.07, 6.45) is 7.73. The van der Waals surface area contributed by atoms with Crippen molar-refractivity contribution in [2.45, 2.75) is 38.5 Å². The van der Waals surface area contributed by atoms with Gasteiger partial charge in [0.1, 0.15) is 0 Å². The molecule has 4 bridgehead atoms.